The number of hydrogen-bond acceptors (Lipinski definition) is 4. The molecule has 98 valence electrons. The van der Waals surface area contributed by atoms with Gasteiger partial charge in [-0.1, -0.05) is 6.08 Å². The van der Waals surface area contributed by atoms with Crippen LogP contribution in [0.25, 0.3) is 0 Å². The van der Waals surface area contributed by atoms with Gasteiger partial charge in [0.05, 0.1) is 19.8 Å². The standard InChI is InChI=1S/C12H23N3O2/c1-2-4-13-11-12(16)14-5-3-6-15-7-9-17-10-8-15/h2,13H,1,3-11H2,(H,14,16). The number of rotatable bonds is 8. The molecular formula is C12H23N3O2. The average molecular weight is 241 g/mol. The molecule has 1 amide bonds. The fraction of sp³-hybridized carbons (Fsp3) is 0.750. The van der Waals surface area contributed by atoms with Gasteiger partial charge in [0.25, 0.3) is 0 Å². The van der Waals surface area contributed by atoms with Crippen molar-refractivity contribution in [2.24, 2.45) is 0 Å². The normalized spacial score (nSPS) is 16.7. The highest BCUT2D eigenvalue weighted by Crippen LogP contribution is 1.97. The van der Waals surface area contributed by atoms with Crippen molar-refractivity contribution in [2.75, 3.05) is 52.5 Å². The zero-order chi connectivity index (χ0) is 12.3. The summed E-state index contributed by atoms with van der Waals surface area (Å²) in [5, 5.41) is 5.86. The summed E-state index contributed by atoms with van der Waals surface area (Å²) in [4.78, 5) is 13.7. The van der Waals surface area contributed by atoms with Crippen molar-refractivity contribution in [3.05, 3.63) is 12.7 Å². The first-order valence-corrected chi connectivity index (χ1v) is 6.21. The van der Waals surface area contributed by atoms with E-state index < -0.39 is 0 Å². The summed E-state index contributed by atoms with van der Waals surface area (Å²) in [7, 11) is 0. The highest BCUT2D eigenvalue weighted by Gasteiger charge is 2.09. The third-order valence-electron chi connectivity index (χ3n) is 2.65. The van der Waals surface area contributed by atoms with Crippen LogP contribution in [0.4, 0.5) is 0 Å². The van der Waals surface area contributed by atoms with Crippen LogP contribution < -0.4 is 10.6 Å². The topological polar surface area (TPSA) is 53.6 Å². The Morgan fingerprint density at radius 2 is 2.18 bits per heavy atom. The molecule has 0 aromatic rings. The first kappa shape index (κ1) is 14.2. The molecule has 1 aliphatic rings. The largest absolute Gasteiger partial charge is 0.379 e. The summed E-state index contributed by atoms with van der Waals surface area (Å²) in [6, 6.07) is 0. The van der Waals surface area contributed by atoms with E-state index in [1.165, 1.54) is 0 Å². The Morgan fingerprint density at radius 1 is 1.41 bits per heavy atom. The van der Waals surface area contributed by atoms with Gasteiger partial charge in [-0.15, -0.1) is 6.58 Å². The number of carbonyl (C=O) groups excluding carboxylic acids is 1. The van der Waals surface area contributed by atoms with E-state index in [0.717, 1.165) is 45.8 Å². The van der Waals surface area contributed by atoms with Crippen LogP contribution in [0.2, 0.25) is 0 Å². The molecule has 0 atom stereocenters. The maximum absolute atomic E-state index is 11.3. The van der Waals surface area contributed by atoms with Gasteiger partial charge in [0, 0.05) is 26.2 Å². The summed E-state index contributed by atoms with van der Waals surface area (Å²) in [6.45, 7) is 10.1. The molecule has 1 saturated heterocycles. The third-order valence-corrected chi connectivity index (χ3v) is 2.65. The van der Waals surface area contributed by atoms with Crippen LogP contribution in [0.1, 0.15) is 6.42 Å². The van der Waals surface area contributed by atoms with E-state index in [1.54, 1.807) is 6.08 Å². The van der Waals surface area contributed by atoms with Gasteiger partial charge in [-0.2, -0.15) is 0 Å². The lowest BCUT2D eigenvalue weighted by atomic mass is 10.3. The Bertz CT molecular complexity index is 228. The van der Waals surface area contributed by atoms with Gasteiger partial charge in [0.2, 0.25) is 5.91 Å². The monoisotopic (exact) mass is 241 g/mol. The van der Waals surface area contributed by atoms with E-state index in [1.807, 2.05) is 0 Å². The molecule has 1 fully saturated rings. The minimum Gasteiger partial charge on any atom is -0.379 e. The highest BCUT2D eigenvalue weighted by atomic mass is 16.5. The fourth-order valence-electron chi connectivity index (χ4n) is 1.71. The Morgan fingerprint density at radius 3 is 2.88 bits per heavy atom. The number of morpholine rings is 1. The van der Waals surface area contributed by atoms with Crippen molar-refractivity contribution >= 4 is 5.91 Å². The van der Waals surface area contributed by atoms with Crippen LogP contribution >= 0.6 is 0 Å². The molecule has 0 spiro atoms. The van der Waals surface area contributed by atoms with Gasteiger partial charge < -0.3 is 15.4 Å². The van der Waals surface area contributed by atoms with Crippen LogP contribution in [-0.2, 0) is 9.53 Å². The fourth-order valence-corrected chi connectivity index (χ4v) is 1.71. The van der Waals surface area contributed by atoms with E-state index in [2.05, 4.69) is 22.1 Å². The van der Waals surface area contributed by atoms with Gasteiger partial charge in [-0.05, 0) is 13.0 Å². The highest BCUT2D eigenvalue weighted by molar-refractivity contribution is 5.77. The lowest BCUT2D eigenvalue weighted by molar-refractivity contribution is -0.120. The van der Waals surface area contributed by atoms with Gasteiger partial charge in [-0.3, -0.25) is 9.69 Å². The molecule has 0 aliphatic carbocycles. The molecule has 0 saturated carbocycles. The minimum absolute atomic E-state index is 0.0498. The Balaban J connectivity index is 1.92. The van der Waals surface area contributed by atoms with Crippen LogP contribution in [0, 0.1) is 0 Å². The quantitative estimate of drug-likeness (QED) is 0.448. The molecule has 1 aliphatic heterocycles. The number of nitrogens with one attached hydrogen (secondary N) is 2. The Hall–Kier alpha value is -0.910. The molecule has 0 aromatic carbocycles. The molecule has 1 rings (SSSR count). The summed E-state index contributed by atoms with van der Waals surface area (Å²) >= 11 is 0. The second-order valence-corrected chi connectivity index (χ2v) is 4.08. The number of amides is 1. The molecule has 0 bridgehead atoms. The Kier molecular flexibility index (Phi) is 7.62. The second-order valence-electron chi connectivity index (χ2n) is 4.08. The van der Waals surface area contributed by atoms with E-state index in [-0.39, 0.29) is 5.91 Å². The van der Waals surface area contributed by atoms with E-state index in [9.17, 15) is 4.79 Å². The first-order valence-electron chi connectivity index (χ1n) is 6.21. The number of ether oxygens (including phenoxy) is 1. The van der Waals surface area contributed by atoms with E-state index >= 15 is 0 Å². The van der Waals surface area contributed by atoms with Crippen LogP contribution in [0.3, 0.4) is 0 Å². The molecular weight excluding hydrogens is 218 g/mol. The molecule has 0 aromatic heterocycles. The number of carbonyl (C=O) groups is 1. The van der Waals surface area contributed by atoms with Crippen molar-refractivity contribution < 1.29 is 9.53 Å². The van der Waals surface area contributed by atoms with Crippen LogP contribution in [-0.4, -0.2) is 63.3 Å². The zero-order valence-corrected chi connectivity index (χ0v) is 10.4. The van der Waals surface area contributed by atoms with Gasteiger partial charge in [-0.25, -0.2) is 0 Å². The molecule has 5 heteroatoms. The van der Waals surface area contributed by atoms with Crippen molar-refractivity contribution in [3.8, 4) is 0 Å². The SMILES string of the molecule is C=CCNCC(=O)NCCCN1CCOCC1. The average Bonchev–Trinajstić information content (AvgIpc) is 2.36. The molecule has 17 heavy (non-hydrogen) atoms. The summed E-state index contributed by atoms with van der Waals surface area (Å²) in [6.07, 6.45) is 2.74. The predicted molar refractivity (Wildman–Crippen MR) is 68.0 cm³/mol. The number of nitrogens with zero attached hydrogens (tertiary/aromatic N) is 1. The van der Waals surface area contributed by atoms with Crippen molar-refractivity contribution in [3.63, 3.8) is 0 Å². The van der Waals surface area contributed by atoms with E-state index in [4.69, 9.17) is 4.74 Å². The third kappa shape index (κ3) is 7.10. The maximum Gasteiger partial charge on any atom is 0.233 e. The molecule has 5 nitrogen and oxygen atoms in total. The first-order chi connectivity index (χ1) is 8.33. The van der Waals surface area contributed by atoms with Gasteiger partial charge >= 0.3 is 0 Å². The molecule has 2 N–H and O–H groups in total. The van der Waals surface area contributed by atoms with Crippen LogP contribution in [0.5, 0.6) is 0 Å². The Labute approximate surface area is 103 Å². The number of hydrogen-bond donors (Lipinski definition) is 2. The van der Waals surface area contributed by atoms with Gasteiger partial charge in [0.1, 0.15) is 0 Å². The van der Waals surface area contributed by atoms with Crippen molar-refractivity contribution in [1.29, 1.82) is 0 Å². The van der Waals surface area contributed by atoms with Crippen LogP contribution in [0.15, 0.2) is 12.7 Å². The van der Waals surface area contributed by atoms with Gasteiger partial charge in [0.15, 0.2) is 0 Å². The second kappa shape index (κ2) is 9.15. The zero-order valence-electron chi connectivity index (χ0n) is 10.4. The van der Waals surface area contributed by atoms with Crippen molar-refractivity contribution in [1.82, 2.24) is 15.5 Å². The lowest BCUT2D eigenvalue weighted by Gasteiger charge is -2.26. The lowest BCUT2D eigenvalue weighted by Crippen LogP contribution is -2.39. The molecule has 0 radical (unpaired) electrons. The summed E-state index contributed by atoms with van der Waals surface area (Å²) in [5.41, 5.74) is 0. The minimum atomic E-state index is 0.0498. The maximum atomic E-state index is 11.3. The molecule has 0 unspecified atom stereocenters. The van der Waals surface area contributed by atoms with Crippen molar-refractivity contribution in [2.45, 2.75) is 6.42 Å². The smallest absolute Gasteiger partial charge is 0.233 e. The predicted octanol–water partition coefficient (Wildman–Crippen LogP) is -0.399. The van der Waals surface area contributed by atoms with E-state index in [0.29, 0.717) is 13.1 Å². The summed E-state index contributed by atoms with van der Waals surface area (Å²) in [5.74, 6) is 0.0498. The molecule has 1 heterocycles. The summed E-state index contributed by atoms with van der Waals surface area (Å²) < 4.78 is 5.27.